The van der Waals surface area contributed by atoms with E-state index in [0.717, 1.165) is 66.5 Å². The van der Waals surface area contributed by atoms with Crippen molar-refractivity contribution in [3.05, 3.63) is 254 Å². The molecule has 0 unspecified atom stereocenters. The van der Waals surface area contributed by atoms with Gasteiger partial charge >= 0.3 is 0 Å². The Balaban J connectivity index is 0.936. The van der Waals surface area contributed by atoms with Gasteiger partial charge in [0.05, 0.1) is 33.1 Å². The zero-order valence-corrected chi connectivity index (χ0v) is 36.9. The number of aromatic nitrogens is 3. The maximum Gasteiger partial charge on any atom is 0.154 e. The summed E-state index contributed by atoms with van der Waals surface area (Å²) in [4.78, 5) is 4.87. The number of hydrogen-bond donors (Lipinski definition) is 2. The van der Waals surface area contributed by atoms with Gasteiger partial charge in [-0.05, 0) is 101 Å². The van der Waals surface area contributed by atoms with Gasteiger partial charge in [-0.15, -0.1) is 0 Å². The molecule has 13 rings (SSSR count). The summed E-state index contributed by atoms with van der Waals surface area (Å²) in [6.45, 7) is 0. The van der Waals surface area contributed by atoms with E-state index in [-0.39, 0.29) is 5.84 Å². The van der Waals surface area contributed by atoms with Crippen molar-refractivity contribution in [1.29, 1.82) is 5.41 Å². The SMILES string of the molecule is N=C(N=C(Nn1c2ccccc2c2cc(-c3ccc4c(c3)c3ccccc3n4-c3ccc4c(c3)c3cc(-c5ccccc5)ccc3n4-c3ccccc3)ccc21)c1ccccc1)c1ccccc1. The van der Waals surface area contributed by atoms with Gasteiger partial charge in [-0.3, -0.25) is 15.5 Å². The van der Waals surface area contributed by atoms with E-state index in [4.69, 9.17) is 10.4 Å². The molecule has 6 heteroatoms. The molecule has 0 fully saturated rings. The highest BCUT2D eigenvalue weighted by molar-refractivity contribution is 6.17. The lowest BCUT2D eigenvalue weighted by molar-refractivity contribution is 1.08. The van der Waals surface area contributed by atoms with Gasteiger partial charge in [0, 0.05) is 54.8 Å². The van der Waals surface area contributed by atoms with Crippen LogP contribution in [0.5, 0.6) is 0 Å². The molecule has 6 nitrogen and oxygen atoms in total. The largest absolute Gasteiger partial charge is 0.309 e. The van der Waals surface area contributed by atoms with E-state index < -0.39 is 0 Å². The Bertz CT molecular complexity index is 4100. The van der Waals surface area contributed by atoms with Crippen molar-refractivity contribution in [3.63, 3.8) is 0 Å². The smallest absolute Gasteiger partial charge is 0.154 e. The number of fused-ring (bicyclic) bond motifs is 9. The minimum absolute atomic E-state index is 0.186. The lowest BCUT2D eigenvalue weighted by Gasteiger charge is -2.15. The van der Waals surface area contributed by atoms with Gasteiger partial charge < -0.3 is 9.13 Å². The van der Waals surface area contributed by atoms with E-state index in [1.54, 1.807) is 0 Å². The lowest BCUT2D eigenvalue weighted by Crippen LogP contribution is -2.25. The third kappa shape index (κ3) is 6.50. The van der Waals surface area contributed by atoms with Gasteiger partial charge in [0.2, 0.25) is 0 Å². The van der Waals surface area contributed by atoms with Crippen molar-refractivity contribution in [2.45, 2.75) is 0 Å². The highest BCUT2D eigenvalue weighted by Gasteiger charge is 2.19. The number of nitrogens with zero attached hydrogens (tertiary/aromatic N) is 4. The van der Waals surface area contributed by atoms with Crippen LogP contribution in [0.1, 0.15) is 11.1 Å². The highest BCUT2D eigenvalue weighted by atomic mass is 15.4. The number of rotatable bonds is 7. The molecule has 320 valence electrons. The summed E-state index contributed by atoms with van der Waals surface area (Å²) in [6.07, 6.45) is 0. The quantitative estimate of drug-likeness (QED) is 0.122. The van der Waals surface area contributed by atoms with E-state index >= 15 is 0 Å². The Labute approximate surface area is 392 Å². The summed E-state index contributed by atoms with van der Waals surface area (Å²) in [5, 5.41) is 16.0. The summed E-state index contributed by atoms with van der Waals surface area (Å²) < 4.78 is 6.91. The van der Waals surface area contributed by atoms with Crippen LogP contribution in [0.4, 0.5) is 0 Å². The van der Waals surface area contributed by atoms with Crippen molar-refractivity contribution in [2.24, 2.45) is 4.99 Å². The molecule has 0 bridgehead atoms. The minimum atomic E-state index is 0.186. The van der Waals surface area contributed by atoms with E-state index in [0.29, 0.717) is 5.84 Å². The first kappa shape index (κ1) is 39.1. The molecule has 0 radical (unpaired) electrons. The van der Waals surface area contributed by atoms with Gasteiger partial charge in [-0.2, -0.15) is 0 Å². The van der Waals surface area contributed by atoms with Crippen LogP contribution in [-0.4, -0.2) is 25.5 Å². The molecule has 68 heavy (non-hydrogen) atoms. The average molecular weight is 871 g/mol. The fourth-order valence-corrected chi connectivity index (χ4v) is 10.1. The zero-order valence-electron chi connectivity index (χ0n) is 36.9. The van der Waals surface area contributed by atoms with E-state index in [9.17, 15) is 0 Å². The number of amidine groups is 2. The monoisotopic (exact) mass is 870 g/mol. The molecule has 13 aromatic rings. The van der Waals surface area contributed by atoms with E-state index in [1.165, 1.54) is 43.7 Å². The molecule has 0 spiro atoms. The highest BCUT2D eigenvalue weighted by Crippen LogP contribution is 2.40. The topological polar surface area (TPSA) is 63.0 Å². The van der Waals surface area contributed by atoms with Crippen LogP contribution in [0.2, 0.25) is 0 Å². The fraction of sp³-hybridized carbons (Fsp3) is 0. The molecular formula is C62H42N6. The molecule has 0 atom stereocenters. The van der Waals surface area contributed by atoms with Gasteiger partial charge in [0.1, 0.15) is 0 Å². The van der Waals surface area contributed by atoms with Gasteiger partial charge in [-0.1, -0.05) is 164 Å². The van der Waals surface area contributed by atoms with Crippen LogP contribution in [-0.2, 0) is 0 Å². The summed E-state index contributed by atoms with van der Waals surface area (Å²) >= 11 is 0. The molecule has 0 saturated carbocycles. The van der Waals surface area contributed by atoms with Crippen LogP contribution >= 0.6 is 0 Å². The summed E-state index contributed by atoms with van der Waals surface area (Å²) in [7, 11) is 0. The van der Waals surface area contributed by atoms with Crippen molar-refractivity contribution in [2.75, 3.05) is 5.43 Å². The minimum Gasteiger partial charge on any atom is -0.309 e. The Morgan fingerprint density at radius 1 is 0.324 bits per heavy atom. The molecule has 0 aliphatic heterocycles. The number of benzene rings is 10. The van der Waals surface area contributed by atoms with E-state index in [1.807, 2.05) is 60.7 Å². The predicted molar refractivity (Wildman–Crippen MR) is 285 cm³/mol. The molecule has 0 aliphatic rings. The second-order valence-corrected chi connectivity index (χ2v) is 17.3. The second kappa shape index (κ2) is 16.0. The first-order chi connectivity index (χ1) is 33.6. The summed E-state index contributed by atoms with van der Waals surface area (Å²) in [5.41, 5.74) is 18.9. The van der Waals surface area contributed by atoms with Crippen molar-refractivity contribution in [1.82, 2.24) is 13.8 Å². The Morgan fingerprint density at radius 3 is 1.38 bits per heavy atom. The molecule has 3 aromatic heterocycles. The summed E-state index contributed by atoms with van der Waals surface area (Å²) in [5.74, 6) is 0.774. The summed E-state index contributed by atoms with van der Waals surface area (Å²) in [6, 6.07) is 85.7. The number of nitrogens with one attached hydrogen (secondary N) is 2. The second-order valence-electron chi connectivity index (χ2n) is 17.3. The standard InChI is InChI=1S/C62H42N6/c63-61(42-19-7-2-8-20-42)64-62(43-21-9-3-10-22-43)65-68-59-28-16-14-26-50(59)52-39-46(31-35-60(52)68)45-30-34-56-51(38-45)49-25-13-15-27-55(49)67(56)48-32-36-58-54(40-48)53-37-44(41-17-5-1-6-18-41)29-33-57(53)66(58)47-23-11-4-12-24-47/h1-40H,(H2,63,64,65). The Morgan fingerprint density at radius 2 is 0.735 bits per heavy atom. The first-order valence-electron chi connectivity index (χ1n) is 23.0. The maximum atomic E-state index is 8.93. The Kier molecular flexibility index (Phi) is 9.22. The molecule has 3 heterocycles. The third-order valence-corrected chi connectivity index (χ3v) is 13.3. The van der Waals surface area contributed by atoms with Crippen LogP contribution in [0.3, 0.4) is 0 Å². The molecule has 0 saturated heterocycles. The van der Waals surface area contributed by atoms with Gasteiger partial charge in [0.15, 0.2) is 11.7 Å². The predicted octanol–water partition coefficient (Wildman–Crippen LogP) is 15.3. The fourth-order valence-electron chi connectivity index (χ4n) is 10.1. The van der Waals surface area contributed by atoms with Crippen LogP contribution in [0, 0.1) is 5.41 Å². The molecular weight excluding hydrogens is 829 g/mol. The number of hydrogen-bond acceptors (Lipinski definition) is 1. The van der Waals surface area contributed by atoms with Crippen LogP contribution < -0.4 is 5.43 Å². The lowest BCUT2D eigenvalue weighted by atomic mass is 10.0. The normalized spacial score (nSPS) is 12.0. The van der Waals surface area contributed by atoms with Crippen LogP contribution in [0.15, 0.2) is 248 Å². The zero-order chi connectivity index (χ0) is 45.1. The molecule has 10 aromatic carbocycles. The maximum absolute atomic E-state index is 8.93. The molecule has 0 amide bonds. The average Bonchev–Trinajstić information content (AvgIpc) is 4.03. The number of aliphatic imine (C=N–C) groups is 1. The third-order valence-electron chi connectivity index (χ3n) is 13.3. The van der Waals surface area contributed by atoms with Crippen molar-refractivity contribution in [3.8, 4) is 33.6 Å². The van der Waals surface area contributed by atoms with Gasteiger partial charge in [0.25, 0.3) is 0 Å². The first-order valence-corrected chi connectivity index (χ1v) is 23.0. The molecule has 0 aliphatic carbocycles. The van der Waals surface area contributed by atoms with Crippen molar-refractivity contribution < 1.29 is 0 Å². The number of para-hydroxylation sites is 3. The molecule has 2 N–H and O–H groups in total. The Hall–Kier alpha value is -9.26. The van der Waals surface area contributed by atoms with E-state index in [2.05, 4.69) is 201 Å². The van der Waals surface area contributed by atoms with Crippen LogP contribution in [0.25, 0.3) is 99.0 Å². The van der Waals surface area contributed by atoms with Crippen molar-refractivity contribution >= 4 is 77.1 Å². The van der Waals surface area contributed by atoms with Gasteiger partial charge in [-0.25, -0.2) is 4.99 Å².